The van der Waals surface area contributed by atoms with Gasteiger partial charge in [-0.2, -0.15) is 5.26 Å². The number of rotatable bonds is 3. The zero-order valence-corrected chi connectivity index (χ0v) is 11.5. The minimum atomic E-state index is -0.485. The number of halogens is 1. The first kappa shape index (κ1) is 15.3. The van der Waals surface area contributed by atoms with Crippen molar-refractivity contribution < 1.29 is 4.79 Å². The van der Waals surface area contributed by atoms with Crippen molar-refractivity contribution in [2.24, 2.45) is 0 Å². The first-order chi connectivity index (χ1) is 7.92. The highest BCUT2D eigenvalue weighted by atomic mass is 79.9. The maximum absolute atomic E-state index is 11.7. The summed E-state index contributed by atoms with van der Waals surface area (Å²) in [7, 11) is 1.61. The average Bonchev–Trinajstić information content (AvgIpc) is 2.31. The maximum atomic E-state index is 11.7. The van der Waals surface area contributed by atoms with Crippen molar-refractivity contribution in [1.29, 1.82) is 5.26 Å². The van der Waals surface area contributed by atoms with Crippen LogP contribution in [-0.2, 0) is 4.79 Å². The molecule has 0 fully saturated rings. The fourth-order valence-corrected chi connectivity index (χ4v) is 1.06. The van der Waals surface area contributed by atoms with Gasteiger partial charge in [0.15, 0.2) is 5.11 Å². The molecule has 0 aliphatic rings. The molecule has 0 unspecified atom stereocenters. The van der Waals surface area contributed by atoms with E-state index in [0.717, 1.165) is 0 Å². The SMILES string of the molecule is C=C(C#N)/C=C(\C(=C)Br)C(=O)NNC(=S)NC. The molecule has 1 amide bonds. The Balaban J connectivity index is 4.76. The summed E-state index contributed by atoms with van der Waals surface area (Å²) in [5.41, 5.74) is 5.13. The summed E-state index contributed by atoms with van der Waals surface area (Å²) in [6.07, 6.45) is 1.32. The molecule has 0 rings (SSSR count). The first-order valence-electron chi connectivity index (χ1n) is 4.36. The van der Waals surface area contributed by atoms with Gasteiger partial charge < -0.3 is 5.32 Å². The Labute approximate surface area is 113 Å². The van der Waals surface area contributed by atoms with Gasteiger partial charge in [0.1, 0.15) is 0 Å². The Morgan fingerprint density at radius 3 is 2.47 bits per heavy atom. The van der Waals surface area contributed by atoms with Crippen LogP contribution >= 0.6 is 28.1 Å². The molecule has 0 atom stereocenters. The summed E-state index contributed by atoms with van der Waals surface area (Å²) in [6, 6.07) is 1.81. The fraction of sp³-hybridized carbons (Fsp3) is 0.100. The van der Waals surface area contributed by atoms with Gasteiger partial charge in [-0.3, -0.25) is 15.6 Å². The highest BCUT2D eigenvalue weighted by Gasteiger charge is 2.11. The second kappa shape index (κ2) is 7.60. The predicted molar refractivity (Wildman–Crippen MR) is 73.8 cm³/mol. The molecule has 90 valence electrons. The molecule has 0 bridgehead atoms. The van der Waals surface area contributed by atoms with E-state index >= 15 is 0 Å². The third kappa shape index (κ3) is 5.85. The van der Waals surface area contributed by atoms with Crippen molar-refractivity contribution >= 4 is 39.2 Å². The number of hydrogen-bond donors (Lipinski definition) is 3. The maximum Gasteiger partial charge on any atom is 0.270 e. The second-order valence-corrected chi connectivity index (χ2v) is 4.12. The number of allylic oxidation sites excluding steroid dienone is 2. The molecule has 0 heterocycles. The second-order valence-electron chi connectivity index (χ2n) is 2.76. The van der Waals surface area contributed by atoms with E-state index in [-0.39, 0.29) is 16.3 Å². The van der Waals surface area contributed by atoms with Crippen LogP contribution in [0.2, 0.25) is 0 Å². The van der Waals surface area contributed by atoms with E-state index in [1.54, 1.807) is 7.05 Å². The Bertz CT molecular complexity index is 436. The number of thiocarbonyl (C=S) groups is 1. The van der Waals surface area contributed by atoms with E-state index in [4.69, 9.17) is 17.5 Å². The average molecular weight is 315 g/mol. The van der Waals surface area contributed by atoms with E-state index in [2.05, 4.69) is 45.3 Å². The molecule has 5 nitrogen and oxygen atoms in total. The van der Waals surface area contributed by atoms with E-state index in [0.29, 0.717) is 4.48 Å². The molecular weight excluding hydrogens is 304 g/mol. The molecular formula is C10H11BrN4OS. The largest absolute Gasteiger partial charge is 0.364 e. The van der Waals surface area contributed by atoms with Gasteiger partial charge in [-0.05, 0) is 18.3 Å². The minimum absolute atomic E-state index is 0.145. The lowest BCUT2D eigenvalue weighted by atomic mass is 10.1. The number of amides is 1. The molecule has 7 heteroatoms. The summed E-state index contributed by atoms with van der Waals surface area (Å²) in [5.74, 6) is -0.485. The van der Waals surface area contributed by atoms with Crippen molar-refractivity contribution in [1.82, 2.24) is 16.2 Å². The van der Waals surface area contributed by atoms with Gasteiger partial charge in [-0.25, -0.2) is 0 Å². The highest BCUT2D eigenvalue weighted by molar-refractivity contribution is 9.12. The topological polar surface area (TPSA) is 77.0 Å². The third-order valence-corrected chi connectivity index (χ3v) is 2.25. The smallest absolute Gasteiger partial charge is 0.270 e. The summed E-state index contributed by atoms with van der Waals surface area (Å²) in [6.45, 7) is 7.02. The summed E-state index contributed by atoms with van der Waals surface area (Å²) in [4.78, 5) is 11.7. The highest BCUT2D eigenvalue weighted by Crippen LogP contribution is 2.16. The molecule has 0 saturated heterocycles. The van der Waals surface area contributed by atoms with E-state index in [1.807, 2.05) is 6.07 Å². The predicted octanol–water partition coefficient (Wildman–Crippen LogP) is 1.03. The lowest BCUT2D eigenvalue weighted by Crippen LogP contribution is -2.46. The Kier molecular flexibility index (Phi) is 6.86. The van der Waals surface area contributed by atoms with Crippen LogP contribution in [0.25, 0.3) is 0 Å². The quantitative estimate of drug-likeness (QED) is 0.238. The summed E-state index contributed by atoms with van der Waals surface area (Å²) in [5, 5.41) is 11.5. The number of nitrogens with one attached hydrogen (secondary N) is 3. The normalized spacial score (nSPS) is 9.82. The molecule has 0 radical (unpaired) electrons. The van der Waals surface area contributed by atoms with Crippen LogP contribution in [-0.4, -0.2) is 18.1 Å². The number of carbonyl (C=O) groups excluding carboxylic acids is 1. The van der Waals surface area contributed by atoms with Crippen molar-refractivity contribution in [3.05, 3.63) is 34.9 Å². The van der Waals surface area contributed by atoms with Crippen LogP contribution in [0.3, 0.4) is 0 Å². The molecule has 17 heavy (non-hydrogen) atoms. The van der Waals surface area contributed by atoms with Crippen molar-refractivity contribution in [2.45, 2.75) is 0 Å². The molecule has 0 aromatic carbocycles. The van der Waals surface area contributed by atoms with Crippen LogP contribution in [0.1, 0.15) is 0 Å². The van der Waals surface area contributed by atoms with Crippen LogP contribution in [0.5, 0.6) is 0 Å². The molecule has 0 spiro atoms. The monoisotopic (exact) mass is 314 g/mol. The summed E-state index contributed by atoms with van der Waals surface area (Å²) < 4.78 is 0.337. The minimum Gasteiger partial charge on any atom is -0.364 e. The Hall–Kier alpha value is -1.65. The number of hydrazine groups is 1. The molecule has 0 aromatic rings. The van der Waals surface area contributed by atoms with E-state index in [9.17, 15) is 4.79 Å². The van der Waals surface area contributed by atoms with E-state index in [1.165, 1.54) is 6.08 Å². The zero-order chi connectivity index (χ0) is 13.4. The van der Waals surface area contributed by atoms with Crippen molar-refractivity contribution in [2.75, 3.05) is 7.05 Å². The van der Waals surface area contributed by atoms with Crippen molar-refractivity contribution in [3.8, 4) is 6.07 Å². The lowest BCUT2D eigenvalue weighted by Gasteiger charge is -2.10. The Morgan fingerprint density at radius 2 is 2.06 bits per heavy atom. The number of hydrogen-bond acceptors (Lipinski definition) is 3. The summed E-state index contributed by atoms with van der Waals surface area (Å²) >= 11 is 7.85. The van der Waals surface area contributed by atoms with Gasteiger partial charge in [0.05, 0.1) is 11.6 Å². The molecule has 0 aliphatic heterocycles. The molecule has 0 saturated carbocycles. The van der Waals surface area contributed by atoms with Gasteiger partial charge in [0.25, 0.3) is 5.91 Å². The van der Waals surface area contributed by atoms with Crippen LogP contribution in [0, 0.1) is 11.3 Å². The van der Waals surface area contributed by atoms with Crippen LogP contribution < -0.4 is 16.2 Å². The van der Waals surface area contributed by atoms with E-state index < -0.39 is 5.91 Å². The number of carbonyl (C=O) groups is 1. The van der Waals surface area contributed by atoms with Gasteiger partial charge in [0, 0.05) is 17.1 Å². The van der Waals surface area contributed by atoms with Crippen molar-refractivity contribution in [3.63, 3.8) is 0 Å². The van der Waals surface area contributed by atoms with Gasteiger partial charge >= 0.3 is 0 Å². The molecule has 0 aliphatic carbocycles. The Morgan fingerprint density at radius 1 is 1.47 bits per heavy atom. The van der Waals surface area contributed by atoms with Crippen LogP contribution in [0.4, 0.5) is 0 Å². The lowest BCUT2D eigenvalue weighted by molar-refractivity contribution is -0.117. The van der Waals surface area contributed by atoms with Gasteiger partial charge in [0.2, 0.25) is 0 Å². The number of nitriles is 1. The fourth-order valence-electron chi connectivity index (χ4n) is 0.717. The standard InChI is InChI=1S/C10H11BrN4OS/c1-6(5-12)4-8(7(2)11)9(16)14-15-10(17)13-3/h4H,1-2H2,3H3,(H,14,16)(H2,13,15,17)/b8-4+. The van der Waals surface area contributed by atoms with Crippen LogP contribution in [0.15, 0.2) is 34.9 Å². The molecule has 0 aromatic heterocycles. The van der Waals surface area contributed by atoms with Gasteiger partial charge in [-0.15, -0.1) is 0 Å². The zero-order valence-electron chi connectivity index (χ0n) is 9.13. The third-order valence-electron chi connectivity index (χ3n) is 1.52. The molecule has 3 N–H and O–H groups in total. The number of nitrogens with zero attached hydrogens (tertiary/aromatic N) is 1. The first-order valence-corrected chi connectivity index (χ1v) is 5.56. The van der Waals surface area contributed by atoms with Gasteiger partial charge in [-0.1, -0.05) is 29.1 Å².